The third-order valence-electron chi connectivity index (χ3n) is 4.48. The molecule has 1 N–H and O–H groups in total. The van der Waals surface area contributed by atoms with Gasteiger partial charge < -0.3 is 14.8 Å². The van der Waals surface area contributed by atoms with Crippen LogP contribution in [0.2, 0.25) is 5.02 Å². The molecule has 0 aliphatic heterocycles. The Bertz CT molecular complexity index is 1140. The molecule has 168 valence electrons. The monoisotopic (exact) mass is 474 g/mol. The predicted octanol–water partition coefficient (Wildman–Crippen LogP) is 3.74. The Balaban J connectivity index is 1.68. The molecule has 0 spiro atoms. The fraction of sp³-hybridized carbons (Fsp3) is 0.174. The molecule has 9 heteroatoms. The van der Waals surface area contributed by atoms with Crippen LogP contribution in [0.15, 0.2) is 83.8 Å². The first-order chi connectivity index (χ1) is 15.4. The van der Waals surface area contributed by atoms with Gasteiger partial charge in [0, 0.05) is 5.02 Å². The Morgan fingerprint density at radius 1 is 0.938 bits per heavy atom. The van der Waals surface area contributed by atoms with Crippen LogP contribution < -0.4 is 19.1 Å². The van der Waals surface area contributed by atoms with Crippen molar-refractivity contribution < 1.29 is 22.7 Å². The van der Waals surface area contributed by atoms with Crippen LogP contribution in [0.25, 0.3) is 0 Å². The van der Waals surface area contributed by atoms with Gasteiger partial charge in [0.2, 0.25) is 5.91 Å². The topological polar surface area (TPSA) is 84.9 Å². The summed E-state index contributed by atoms with van der Waals surface area (Å²) < 4.78 is 38.3. The Labute approximate surface area is 192 Å². The van der Waals surface area contributed by atoms with Gasteiger partial charge in [0.15, 0.2) is 11.5 Å². The molecule has 3 aromatic rings. The summed E-state index contributed by atoms with van der Waals surface area (Å²) in [6.45, 7) is -0.0112. The summed E-state index contributed by atoms with van der Waals surface area (Å²) >= 11 is 5.94. The molecule has 0 heterocycles. The number of anilines is 1. The standard InChI is InChI=1S/C23H23ClN2O5S/c1-30-21-9-5-6-10-22(21)31-16-15-25-23(27)17-26(19-13-11-18(24)12-14-19)32(28,29)20-7-3-2-4-8-20/h2-14H,15-17H2,1H3,(H,25,27). The summed E-state index contributed by atoms with van der Waals surface area (Å²) in [5.41, 5.74) is 0.332. The Morgan fingerprint density at radius 3 is 2.22 bits per heavy atom. The zero-order valence-corrected chi connectivity index (χ0v) is 19.0. The van der Waals surface area contributed by atoms with E-state index < -0.39 is 22.5 Å². The number of methoxy groups -OCH3 is 1. The molecule has 7 nitrogen and oxygen atoms in total. The zero-order chi connectivity index (χ0) is 23.0. The van der Waals surface area contributed by atoms with Crippen molar-refractivity contribution in [3.8, 4) is 11.5 Å². The molecule has 0 unspecified atom stereocenters. The summed E-state index contributed by atoms with van der Waals surface area (Å²) in [5, 5.41) is 3.15. The first-order valence-electron chi connectivity index (χ1n) is 9.77. The molecule has 0 radical (unpaired) electrons. The maximum Gasteiger partial charge on any atom is 0.264 e. The van der Waals surface area contributed by atoms with Crippen molar-refractivity contribution in [2.45, 2.75) is 4.90 Å². The third-order valence-corrected chi connectivity index (χ3v) is 6.52. The van der Waals surface area contributed by atoms with Crippen LogP contribution >= 0.6 is 11.6 Å². The highest BCUT2D eigenvalue weighted by molar-refractivity contribution is 7.92. The number of amides is 1. The van der Waals surface area contributed by atoms with E-state index in [0.29, 0.717) is 22.2 Å². The largest absolute Gasteiger partial charge is 0.493 e. The molecule has 3 rings (SSSR count). The molecule has 3 aromatic carbocycles. The number of hydrogen-bond donors (Lipinski definition) is 1. The fourth-order valence-electron chi connectivity index (χ4n) is 2.92. The number of halogens is 1. The van der Waals surface area contributed by atoms with E-state index in [1.165, 1.54) is 12.1 Å². The molecule has 0 fully saturated rings. The lowest BCUT2D eigenvalue weighted by Crippen LogP contribution is -2.41. The normalized spacial score (nSPS) is 10.9. The van der Waals surface area contributed by atoms with Gasteiger partial charge in [-0.2, -0.15) is 0 Å². The van der Waals surface area contributed by atoms with Crippen LogP contribution in [0, 0.1) is 0 Å². The summed E-state index contributed by atoms with van der Waals surface area (Å²) in [5.74, 6) is 0.670. The van der Waals surface area contributed by atoms with E-state index in [4.69, 9.17) is 21.1 Å². The lowest BCUT2D eigenvalue weighted by molar-refractivity contribution is -0.119. The second-order valence-corrected chi connectivity index (χ2v) is 8.95. The summed E-state index contributed by atoms with van der Waals surface area (Å²) in [4.78, 5) is 12.7. The molecule has 0 saturated carbocycles. The average Bonchev–Trinajstić information content (AvgIpc) is 2.81. The van der Waals surface area contributed by atoms with Crippen LogP contribution in [-0.4, -0.2) is 41.1 Å². The minimum atomic E-state index is -3.96. The minimum Gasteiger partial charge on any atom is -0.493 e. The smallest absolute Gasteiger partial charge is 0.264 e. The maximum absolute atomic E-state index is 13.2. The zero-order valence-electron chi connectivity index (χ0n) is 17.4. The number of ether oxygens (including phenoxy) is 2. The van der Waals surface area contributed by atoms with Crippen LogP contribution in [0.3, 0.4) is 0 Å². The first kappa shape index (κ1) is 23.4. The summed E-state index contributed by atoms with van der Waals surface area (Å²) in [6, 6.07) is 21.4. The van der Waals surface area contributed by atoms with Gasteiger partial charge in [0.25, 0.3) is 10.0 Å². The molecule has 0 saturated heterocycles. The third kappa shape index (κ3) is 5.93. The second-order valence-electron chi connectivity index (χ2n) is 6.65. The number of para-hydroxylation sites is 2. The molecule has 0 aromatic heterocycles. The van der Waals surface area contributed by atoms with Gasteiger partial charge in [-0.05, 0) is 48.5 Å². The van der Waals surface area contributed by atoms with Gasteiger partial charge in [-0.3, -0.25) is 9.10 Å². The Kier molecular flexibility index (Phi) is 7.97. The van der Waals surface area contributed by atoms with E-state index in [1.54, 1.807) is 61.7 Å². The number of hydrogen-bond acceptors (Lipinski definition) is 5. The van der Waals surface area contributed by atoms with Gasteiger partial charge in [-0.15, -0.1) is 0 Å². The van der Waals surface area contributed by atoms with Gasteiger partial charge in [-0.1, -0.05) is 41.9 Å². The van der Waals surface area contributed by atoms with Crippen molar-refractivity contribution >= 4 is 33.2 Å². The van der Waals surface area contributed by atoms with Gasteiger partial charge in [0.1, 0.15) is 13.2 Å². The minimum absolute atomic E-state index is 0.0854. The average molecular weight is 475 g/mol. The molecular formula is C23H23ClN2O5S. The van der Waals surface area contributed by atoms with Crippen molar-refractivity contribution in [2.24, 2.45) is 0 Å². The van der Waals surface area contributed by atoms with Crippen molar-refractivity contribution in [3.63, 3.8) is 0 Å². The number of carbonyl (C=O) groups excluding carboxylic acids is 1. The summed E-state index contributed by atoms with van der Waals surface area (Å²) in [7, 11) is -2.42. The Morgan fingerprint density at radius 2 is 1.56 bits per heavy atom. The van der Waals surface area contributed by atoms with E-state index in [9.17, 15) is 13.2 Å². The lowest BCUT2D eigenvalue weighted by Gasteiger charge is -2.24. The van der Waals surface area contributed by atoms with E-state index in [1.807, 2.05) is 12.1 Å². The Hall–Kier alpha value is -3.23. The number of benzene rings is 3. The molecular weight excluding hydrogens is 452 g/mol. The number of nitrogens with zero attached hydrogens (tertiary/aromatic N) is 1. The van der Waals surface area contributed by atoms with Crippen LogP contribution in [-0.2, 0) is 14.8 Å². The molecule has 0 aliphatic carbocycles. The van der Waals surface area contributed by atoms with Crippen LogP contribution in [0.4, 0.5) is 5.69 Å². The SMILES string of the molecule is COc1ccccc1OCCNC(=O)CN(c1ccc(Cl)cc1)S(=O)(=O)c1ccccc1. The fourth-order valence-corrected chi connectivity index (χ4v) is 4.49. The number of nitrogens with one attached hydrogen (secondary N) is 1. The van der Waals surface area contributed by atoms with Crippen molar-refractivity contribution in [1.82, 2.24) is 5.32 Å². The van der Waals surface area contributed by atoms with E-state index in [2.05, 4.69) is 5.32 Å². The van der Waals surface area contributed by atoms with Gasteiger partial charge in [0.05, 0.1) is 24.2 Å². The predicted molar refractivity (Wildman–Crippen MR) is 124 cm³/mol. The highest BCUT2D eigenvalue weighted by atomic mass is 35.5. The van der Waals surface area contributed by atoms with Crippen LogP contribution in [0.1, 0.15) is 0 Å². The number of sulfonamides is 1. The van der Waals surface area contributed by atoms with Crippen molar-refractivity contribution in [2.75, 3.05) is 31.1 Å². The molecule has 0 atom stereocenters. The molecule has 0 bridgehead atoms. The van der Waals surface area contributed by atoms with E-state index in [-0.39, 0.29) is 18.0 Å². The highest BCUT2D eigenvalue weighted by Crippen LogP contribution is 2.26. The van der Waals surface area contributed by atoms with Gasteiger partial charge >= 0.3 is 0 Å². The molecule has 1 amide bonds. The van der Waals surface area contributed by atoms with Crippen molar-refractivity contribution in [3.05, 3.63) is 83.9 Å². The maximum atomic E-state index is 13.2. The number of rotatable bonds is 10. The van der Waals surface area contributed by atoms with Crippen molar-refractivity contribution in [1.29, 1.82) is 0 Å². The highest BCUT2D eigenvalue weighted by Gasteiger charge is 2.27. The quantitative estimate of drug-likeness (QED) is 0.452. The van der Waals surface area contributed by atoms with E-state index >= 15 is 0 Å². The molecule has 32 heavy (non-hydrogen) atoms. The van der Waals surface area contributed by atoms with E-state index in [0.717, 1.165) is 4.31 Å². The summed E-state index contributed by atoms with van der Waals surface area (Å²) in [6.07, 6.45) is 0. The van der Waals surface area contributed by atoms with Crippen LogP contribution in [0.5, 0.6) is 11.5 Å². The van der Waals surface area contributed by atoms with Gasteiger partial charge in [-0.25, -0.2) is 8.42 Å². The number of carbonyl (C=O) groups is 1. The second kappa shape index (κ2) is 10.9. The lowest BCUT2D eigenvalue weighted by atomic mass is 10.3. The first-order valence-corrected chi connectivity index (χ1v) is 11.6. The molecule has 0 aliphatic rings.